The molecule has 1 aromatic heterocycles. The highest BCUT2D eigenvalue weighted by Gasteiger charge is 2.28. The van der Waals surface area contributed by atoms with Gasteiger partial charge in [0.25, 0.3) is 11.8 Å². The SMILES string of the molecule is O=C(NCc1ccccn1)c1cccc(NC(=O)C2CCN(C(=O)c3cccc4ccccc34)CC2)c1. The number of nitrogens with one attached hydrogen (secondary N) is 2. The molecule has 2 N–H and O–H groups in total. The van der Waals surface area contributed by atoms with Crippen molar-refractivity contribution >= 4 is 34.2 Å². The number of amides is 3. The van der Waals surface area contributed by atoms with Crippen LogP contribution in [-0.2, 0) is 11.3 Å². The maximum absolute atomic E-state index is 13.2. The highest BCUT2D eigenvalue weighted by molar-refractivity contribution is 6.07. The third kappa shape index (κ3) is 5.67. The lowest BCUT2D eigenvalue weighted by atomic mass is 9.94. The van der Waals surface area contributed by atoms with Gasteiger partial charge in [0.2, 0.25) is 5.91 Å². The van der Waals surface area contributed by atoms with Crippen LogP contribution < -0.4 is 10.6 Å². The molecule has 0 unspecified atom stereocenters. The van der Waals surface area contributed by atoms with Gasteiger partial charge in [0.05, 0.1) is 12.2 Å². The summed E-state index contributed by atoms with van der Waals surface area (Å²) in [5.41, 5.74) is 2.50. The van der Waals surface area contributed by atoms with Crippen LogP contribution in [-0.4, -0.2) is 40.7 Å². The Morgan fingerprint density at radius 1 is 0.865 bits per heavy atom. The van der Waals surface area contributed by atoms with Crippen LogP contribution in [0.1, 0.15) is 39.3 Å². The van der Waals surface area contributed by atoms with Crippen LogP contribution in [0.15, 0.2) is 91.1 Å². The van der Waals surface area contributed by atoms with Crippen LogP contribution in [0.5, 0.6) is 0 Å². The molecule has 7 heteroatoms. The molecule has 186 valence electrons. The quantitative estimate of drug-likeness (QED) is 0.410. The van der Waals surface area contributed by atoms with E-state index in [0.29, 0.717) is 49.3 Å². The van der Waals surface area contributed by atoms with E-state index in [9.17, 15) is 14.4 Å². The number of likely N-dealkylation sites (tertiary alicyclic amines) is 1. The Labute approximate surface area is 215 Å². The molecular weight excluding hydrogens is 464 g/mol. The molecule has 0 aliphatic carbocycles. The average Bonchev–Trinajstić information content (AvgIpc) is 2.96. The summed E-state index contributed by atoms with van der Waals surface area (Å²) < 4.78 is 0. The van der Waals surface area contributed by atoms with E-state index in [-0.39, 0.29) is 23.6 Å². The van der Waals surface area contributed by atoms with Crippen molar-refractivity contribution in [3.05, 3.63) is 108 Å². The smallest absolute Gasteiger partial charge is 0.254 e. The lowest BCUT2D eigenvalue weighted by molar-refractivity contribution is -0.121. The normalized spacial score (nSPS) is 13.8. The molecule has 0 atom stereocenters. The van der Waals surface area contributed by atoms with Gasteiger partial charge >= 0.3 is 0 Å². The molecule has 0 spiro atoms. The van der Waals surface area contributed by atoms with Gasteiger partial charge in [-0.05, 0) is 60.0 Å². The summed E-state index contributed by atoms with van der Waals surface area (Å²) in [4.78, 5) is 44.8. The molecule has 1 saturated heterocycles. The first-order valence-electron chi connectivity index (χ1n) is 12.4. The van der Waals surface area contributed by atoms with E-state index in [4.69, 9.17) is 0 Å². The topological polar surface area (TPSA) is 91.4 Å². The number of aromatic nitrogens is 1. The van der Waals surface area contributed by atoms with Gasteiger partial charge in [-0.3, -0.25) is 19.4 Å². The second-order valence-electron chi connectivity index (χ2n) is 9.17. The number of carbonyl (C=O) groups is 3. The van der Waals surface area contributed by atoms with E-state index >= 15 is 0 Å². The standard InChI is InChI=1S/C30H28N4O3/c35-28(32-20-25-10-3-4-16-31-25)23-9-5-11-24(19-23)33-29(36)22-14-17-34(18-15-22)30(37)27-13-6-8-21-7-1-2-12-26(21)27/h1-13,16,19,22H,14-15,17-18,20H2,(H,32,35)(H,33,36). The van der Waals surface area contributed by atoms with E-state index in [2.05, 4.69) is 15.6 Å². The second kappa shape index (κ2) is 11.0. The van der Waals surface area contributed by atoms with Crippen LogP contribution in [0.2, 0.25) is 0 Å². The van der Waals surface area contributed by atoms with Crippen molar-refractivity contribution in [2.75, 3.05) is 18.4 Å². The fourth-order valence-corrected chi connectivity index (χ4v) is 4.69. The third-order valence-electron chi connectivity index (χ3n) is 6.72. The van der Waals surface area contributed by atoms with E-state index in [1.807, 2.05) is 65.6 Å². The predicted octanol–water partition coefficient (Wildman–Crippen LogP) is 4.66. The Morgan fingerprint density at radius 2 is 1.62 bits per heavy atom. The molecule has 3 aromatic carbocycles. The van der Waals surface area contributed by atoms with Crippen molar-refractivity contribution in [1.29, 1.82) is 0 Å². The van der Waals surface area contributed by atoms with Crippen LogP contribution in [0.4, 0.5) is 5.69 Å². The summed E-state index contributed by atoms with van der Waals surface area (Å²) in [7, 11) is 0. The number of anilines is 1. The molecule has 1 fully saturated rings. The predicted molar refractivity (Wildman–Crippen MR) is 143 cm³/mol. The average molecular weight is 493 g/mol. The number of benzene rings is 3. The zero-order chi connectivity index (χ0) is 25.6. The Kier molecular flexibility index (Phi) is 7.21. The van der Waals surface area contributed by atoms with Crippen molar-refractivity contribution in [2.45, 2.75) is 19.4 Å². The number of hydrogen-bond donors (Lipinski definition) is 2. The zero-order valence-electron chi connectivity index (χ0n) is 20.4. The Hall–Kier alpha value is -4.52. The molecule has 0 saturated carbocycles. The second-order valence-corrected chi connectivity index (χ2v) is 9.17. The summed E-state index contributed by atoms with van der Waals surface area (Å²) in [5, 5.41) is 7.77. The molecule has 1 aliphatic rings. The highest BCUT2D eigenvalue weighted by Crippen LogP contribution is 2.24. The first-order chi connectivity index (χ1) is 18.1. The molecule has 37 heavy (non-hydrogen) atoms. The summed E-state index contributed by atoms with van der Waals surface area (Å²) in [6, 6.07) is 26.1. The Morgan fingerprint density at radius 3 is 2.43 bits per heavy atom. The van der Waals surface area contributed by atoms with Crippen LogP contribution in [0.3, 0.4) is 0 Å². The number of piperidine rings is 1. The van der Waals surface area contributed by atoms with E-state index < -0.39 is 0 Å². The van der Waals surface area contributed by atoms with Gasteiger partial charge < -0.3 is 15.5 Å². The summed E-state index contributed by atoms with van der Waals surface area (Å²) in [6.07, 6.45) is 2.86. The van der Waals surface area contributed by atoms with Crippen molar-refractivity contribution in [3.8, 4) is 0 Å². The van der Waals surface area contributed by atoms with Crippen LogP contribution >= 0.6 is 0 Å². The minimum absolute atomic E-state index is 0.0000689. The molecule has 0 radical (unpaired) electrons. The number of fused-ring (bicyclic) bond motifs is 1. The molecule has 4 aromatic rings. The van der Waals surface area contributed by atoms with E-state index in [1.165, 1.54) is 0 Å². The van der Waals surface area contributed by atoms with Crippen LogP contribution in [0.25, 0.3) is 10.8 Å². The van der Waals surface area contributed by atoms with E-state index in [1.54, 1.807) is 30.5 Å². The monoisotopic (exact) mass is 492 g/mol. The fourth-order valence-electron chi connectivity index (χ4n) is 4.69. The number of nitrogens with zero attached hydrogens (tertiary/aromatic N) is 2. The van der Waals surface area contributed by atoms with Crippen molar-refractivity contribution in [1.82, 2.24) is 15.2 Å². The Bertz CT molecular complexity index is 1420. The van der Waals surface area contributed by atoms with Gasteiger partial charge in [0.1, 0.15) is 0 Å². The lowest BCUT2D eigenvalue weighted by Crippen LogP contribution is -2.41. The molecule has 7 nitrogen and oxygen atoms in total. The maximum Gasteiger partial charge on any atom is 0.254 e. The van der Waals surface area contributed by atoms with Gasteiger partial charge in [-0.25, -0.2) is 0 Å². The minimum atomic E-state index is -0.234. The molecule has 5 rings (SSSR count). The van der Waals surface area contributed by atoms with Crippen LogP contribution in [0, 0.1) is 5.92 Å². The minimum Gasteiger partial charge on any atom is -0.346 e. The van der Waals surface area contributed by atoms with Crippen molar-refractivity contribution < 1.29 is 14.4 Å². The molecule has 2 heterocycles. The molecule has 0 bridgehead atoms. The van der Waals surface area contributed by atoms with Gasteiger partial charge in [-0.15, -0.1) is 0 Å². The zero-order valence-corrected chi connectivity index (χ0v) is 20.4. The molecular formula is C30H28N4O3. The first-order valence-corrected chi connectivity index (χ1v) is 12.4. The van der Waals surface area contributed by atoms with Crippen molar-refractivity contribution in [2.24, 2.45) is 5.92 Å². The number of hydrogen-bond acceptors (Lipinski definition) is 4. The highest BCUT2D eigenvalue weighted by atomic mass is 16.2. The van der Waals surface area contributed by atoms with Gasteiger partial charge in [0.15, 0.2) is 0 Å². The van der Waals surface area contributed by atoms with Gasteiger partial charge in [0, 0.05) is 42.0 Å². The number of carbonyl (C=O) groups excluding carboxylic acids is 3. The Balaban J connectivity index is 1.16. The first kappa shape index (κ1) is 24.2. The number of rotatable bonds is 6. The summed E-state index contributed by atoms with van der Waals surface area (Å²) >= 11 is 0. The summed E-state index contributed by atoms with van der Waals surface area (Å²) in [6.45, 7) is 1.37. The fraction of sp³-hybridized carbons (Fsp3) is 0.200. The molecule has 1 aliphatic heterocycles. The van der Waals surface area contributed by atoms with E-state index in [0.717, 1.165) is 16.5 Å². The lowest BCUT2D eigenvalue weighted by Gasteiger charge is -2.31. The molecule has 3 amide bonds. The van der Waals surface area contributed by atoms with Gasteiger partial charge in [-0.2, -0.15) is 0 Å². The third-order valence-corrected chi connectivity index (χ3v) is 6.72. The van der Waals surface area contributed by atoms with Gasteiger partial charge in [-0.1, -0.05) is 48.5 Å². The summed E-state index contributed by atoms with van der Waals surface area (Å²) in [5.74, 6) is -0.524. The maximum atomic E-state index is 13.2. The van der Waals surface area contributed by atoms with Crippen molar-refractivity contribution in [3.63, 3.8) is 0 Å². The number of pyridine rings is 1. The largest absolute Gasteiger partial charge is 0.346 e.